The highest BCUT2D eigenvalue weighted by Crippen LogP contribution is 2.34. The van der Waals surface area contributed by atoms with Crippen LogP contribution in [0.5, 0.6) is 0 Å². The number of anilines is 2. The van der Waals surface area contributed by atoms with E-state index in [0.717, 1.165) is 29.0 Å². The number of thiophene rings is 1. The third-order valence-electron chi connectivity index (χ3n) is 3.38. The Hall–Kier alpha value is -1.44. The summed E-state index contributed by atoms with van der Waals surface area (Å²) in [4.78, 5) is 13.0. The molecule has 1 atom stereocenters. The Labute approximate surface area is 115 Å². The highest BCUT2D eigenvalue weighted by Gasteiger charge is 2.33. The SMILES string of the molecule is Cc1cc2c(N3CCC(C)(O)C3)nc(NN)nc2s1. The van der Waals surface area contributed by atoms with Gasteiger partial charge in [-0.25, -0.2) is 10.8 Å². The maximum atomic E-state index is 10.1. The van der Waals surface area contributed by atoms with Crippen LogP contribution in [0.1, 0.15) is 18.2 Å². The number of aliphatic hydroxyl groups is 1. The molecule has 2 aromatic heterocycles. The zero-order valence-electron chi connectivity index (χ0n) is 11.0. The van der Waals surface area contributed by atoms with Gasteiger partial charge >= 0.3 is 0 Å². The Kier molecular flexibility index (Phi) is 2.84. The molecule has 1 aliphatic rings. The summed E-state index contributed by atoms with van der Waals surface area (Å²) in [5, 5.41) is 11.1. The number of hydrogen-bond acceptors (Lipinski definition) is 7. The van der Waals surface area contributed by atoms with Crippen molar-refractivity contribution >= 4 is 33.3 Å². The molecule has 0 saturated carbocycles. The lowest BCUT2D eigenvalue weighted by atomic mass is 10.1. The van der Waals surface area contributed by atoms with E-state index in [4.69, 9.17) is 5.84 Å². The van der Waals surface area contributed by atoms with E-state index in [2.05, 4.69) is 26.4 Å². The standard InChI is InChI=1S/C12H17N5OS/c1-7-5-8-9(17-4-3-12(2,18)6-17)14-11(16-13)15-10(8)19-7/h5,18H,3-4,6,13H2,1-2H3,(H,14,15,16). The van der Waals surface area contributed by atoms with Crippen LogP contribution in [0.15, 0.2) is 6.07 Å². The van der Waals surface area contributed by atoms with Crippen molar-refractivity contribution in [3.05, 3.63) is 10.9 Å². The lowest BCUT2D eigenvalue weighted by Crippen LogP contribution is -2.30. The van der Waals surface area contributed by atoms with E-state index in [0.29, 0.717) is 12.5 Å². The van der Waals surface area contributed by atoms with E-state index in [1.165, 1.54) is 4.88 Å². The zero-order chi connectivity index (χ0) is 13.6. The van der Waals surface area contributed by atoms with Crippen LogP contribution in [0.3, 0.4) is 0 Å². The molecule has 7 heteroatoms. The van der Waals surface area contributed by atoms with Gasteiger partial charge in [0.05, 0.1) is 11.0 Å². The van der Waals surface area contributed by atoms with Gasteiger partial charge in [0.2, 0.25) is 5.95 Å². The van der Waals surface area contributed by atoms with Crippen LogP contribution in [-0.2, 0) is 0 Å². The molecule has 0 aliphatic carbocycles. The lowest BCUT2D eigenvalue weighted by molar-refractivity contribution is 0.0839. The number of nitrogen functional groups attached to an aromatic ring is 1. The zero-order valence-corrected chi connectivity index (χ0v) is 11.8. The van der Waals surface area contributed by atoms with Crippen LogP contribution in [0.25, 0.3) is 10.2 Å². The molecule has 3 rings (SSSR count). The van der Waals surface area contributed by atoms with Gasteiger partial charge in [0.1, 0.15) is 10.6 Å². The minimum atomic E-state index is -0.654. The third-order valence-corrected chi connectivity index (χ3v) is 4.32. The van der Waals surface area contributed by atoms with Crippen molar-refractivity contribution in [2.45, 2.75) is 25.9 Å². The van der Waals surface area contributed by atoms with Gasteiger partial charge in [-0.05, 0) is 26.3 Å². The third kappa shape index (κ3) is 2.24. The number of β-amino-alcohol motifs (C(OH)–C–C–N with tert-alkyl or cyclic N) is 1. The quantitative estimate of drug-likeness (QED) is 0.566. The van der Waals surface area contributed by atoms with Gasteiger partial charge in [-0.3, -0.25) is 5.43 Å². The summed E-state index contributed by atoms with van der Waals surface area (Å²) in [7, 11) is 0. The first-order valence-corrected chi connectivity index (χ1v) is 7.02. The van der Waals surface area contributed by atoms with Gasteiger partial charge in [-0.15, -0.1) is 11.3 Å². The topological polar surface area (TPSA) is 87.3 Å². The lowest BCUT2D eigenvalue weighted by Gasteiger charge is -2.20. The van der Waals surface area contributed by atoms with Gasteiger partial charge in [0.15, 0.2) is 0 Å². The number of fused-ring (bicyclic) bond motifs is 1. The van der Waals surface area contributed by atoms with Crippen LogP contribution < -0.4 is 16.2 Å². The van der Waals surface area contributed by atoms with E-state index in [-0.39, 0.29) is 0 Å². The smallest absolute Gasteiger partial charge is 0.240 e. The summed E-state index contributed by atoms with van der Waals surface area (Å²) >= 11 is 1.62. The van der Waals surface area contributed by atoms with Crippen molar-refractivity contribution < 1.29 is 5.11 Å². The molecule has 2 aromatic rings. The molecule has 0 radical (unpaired) electrons. The summed E-state index contributed by atoms with van der Waals surface area (Å²) < 4.78 is 0. The van der Waals surface area contributed by atoms with E-state index < -0.39 is 5.60 Å². The van der Waals surface area contributed by atoms with Gasteiger partial charge in [-0.2, -0.15) is 4.98 Å². The van der Waals surface area contributed by atoms with Gasteiger partial charge in [0, 0.05) is 18.0 Å². The number of nitrogens with zero attached hydrogens (tertiary/aromatic N) is 3. The molecular formula is C12H17N5OS. The molecule has 19 heavy (non-hydrogen) atoms. The fourth-order valence-electron chi connectivity index (χ4n) is 2.46. The van der Waals surface area contributed by atoms with Gasteiger partial charge in [0.25, 0.3) is 0 Å². The van der Waals surface area contributed by atoms with Gasteiger partial charge < -0.3 is 10.0 Å². The second-order valence-corrected chi connectivity index (χ2v) is 6.49. The summed E-state index contributed by atoms with van der Waals surface area (Å²) in [6.45, 7) is 5.27. The monoisotopic (exact) mass is 279 g/mol. The van der Waals surface area contributed by atoms with Crippen molar-refractivity contribution in [1.82, 2.24) is 9.97 Å². The van der Waals surface area contributed by atoms with Gasteiger partial charge in [-0.1, -0.05) is 0 Å². The number of nitrogens with two attached hydrogens (primary N) is 1. The molecule has 6 nitrogen and oxygen atoms in total. The average Bonchev–Trinajstić information content (AvgIpc) is 2.89. The van der Waals surface area contributed by atoms with Crippen molar-refractivity contribution in [1.29, 1.82) is 0 Å². The molecule has 1 saturated heterocycles. The Balaban J connectivity index is 2.11. The molecule has 1 unspecified atom stereocenters. The maximum Gasteiger partial charge on any atom is 0.240 e. The largest absolute Gasteiger partial charge is 0.388 e. The van der Waals surface area contributed by atoms with Crippen LogP contribution in [0.2, 0.25) is 0 Å². The minimum absolute atomic E-state index is 0.413. The van der Waals surface area contributed by atoms with Crippen molar-refractivity contribution in [3.8, 4) is 0 Å². The molecule has 1 aliphatic heterocycles. The average molecular weight is 279 g/mol. The number of hydrazine groups is 1. The Morgan fingerprint density at radius 2 is 2.32 bits per heavy atom. The fraction of sp³-hybridized carbons (Fsp3) is 0.500. The Bertz CT molecular complexity index is 624. The summed E-state index contributed by atoms with van der Waals surface area (Å²) in [5.74, 6) is 6.69. The van der Waals surface area contributed by atoms with Crippen molar-refractivity contribution in [2.24, 2.45) is 5.84 Å². The predicted octanol–water partition coefficient (Wildman–Crippen LogP) is 1.25. The first-order chi connectivity index (χ1) is 8.98. The second kappa shape index (κ2) is 4.29. The first-order valence-electron chi connectivity index (χ1n) is 6.21. The molecule has 0 bridgehead atoms. The first kappa shape index (κ1) is 12.6. The number of aromatic nitrogens is 2. The van der Waals surface area contributed by atoms with Crippen LogP contribution in [-0.4, -0.2) is 33.8 Å². The van der Waals surface area contributed by atoms with E-state index in [9.17, 15) is 5.11 Å². The molecule has 4 N–H and O–H groups in total. The normalized spacial score (nSPS) is 23.3. The van der Waals surface area contributed by atoms with Crippen LogP contribution in [0.4, 0.5) is 11.8 Å². The summed E-state index contributed by atoms with van der Waals surface area (Å²) in [5.41, 5.74) is 1.85. The molecule has 0 aromatic carbocycles. The second-order valence-electron chi connectivity index (χ2n) is 5.26. The molecule has 1 fully saturated rings. The van der Waals surface area contributed by atoms with Crippen molar-refractivity contribution in [3.63, 3.8) is 0 Å². The fourth-order valence-corrected chi connectivity index (χ4v) is 3.33. The number of nitrogens with one attached hydrogen (secondary N) is 1. The van der Waals surface area contributed by atoms with Crippen LogP contribution in [0, 0.1) is 6.92 Å². The maximum absolute atomic E-state index is 10.1. The summed E-state index contributed by atoms with van der Waals surface area (Å²) in [6.07, 6.45) is 0.743. The van der Waals surface area contributed by atoms with E-state index >= 15 is 0 Å². The molecule has 102 valence electrons. The molecule has 3 heterocycles. The van der Waals surface area contributed by atoms with E-state index in [1.807, 2.05) is 13.8 Å². The van der Waals surface area contributed by atoms with Crippen LogP contribution >= 0.6 is 11.3 Å². The molecule has 0 amide bonds. The predicted molar refractivity (Wildman–Crippen MR) is 77.4 cm³/mol. The Morgan fingerprint density at radius 3 is 2.95 bits per heavy atom. The number of hydrogen-bond donors (Lipinski definition) is 3. The van der Waals surface area contributed by atoms with Crippen molar-refractivity contribution in [2.75, 3.05) is 23.4 Å². The molecular weight excluding hydrogens is 262 g/mol. The summed E-state index contributed by atoms with van der Waals surface area (Å²) in [6, 6.07) is 2.09. The number of aryl methyl sites for hydroxylation is 1. The van der Waals surface area contributed by atoms with E-state index in [1.54, 1.807) is 11.3 Å². The minimum Gasteiger partial charge on any atom is -0.388 e. The Morgan fingerprint density at radius 1 is 1.53 bits per heavy atom. The highest BCUT2D eigenvalue weighted by molar-refractivity contribution is 7.18. The molecule has 0 spiro atoms. The number of rotatable bonds is 2. The highest BCUT2D eigenvalue weighted by atomic mass is 32.1.